The topological polar surface area (TPSA) is 32.3 Å². The molecule has 2 aromatic carbocycles. The van der Waals surface area contributed by atoms with Crippen LogP contribution in [0.2, 0.25) is 5.02 Å². The van der Waals surface area contributed by atoms with Crippen LogP contribution >= 0.6 is 27.5 Å². The van der Waals surface area contributed by atoms with Gasteiger partial charge in [-0.2, -0.15) is 0 Å². The number of aryl methyl sites for hydroxylation is 2. The number of benzene rings is 2. The van der Waals surface area contributed by atoms with Crippen LogP contribution in [0.3, 0.4) is 0 Å². The van der Waals surface area contributed by atoms with E-state index >= 15 is 0 Å². The van der Waals surface area contributed by atoms with Gasteiger partial charge in [0.15, 0.2) is 0 Å². The Hall–Kier alpha value is -1.19. The summed E-state index contributed by atoms with van der Waals surface area (Å²) in [7, 11) is 0. The fourth-order valence-corrected chi connectivity index (χ4v) is 2.59. The van der Waals surface area contributed by atoms with Crippen molar-refractivity contribution in [2.45, 2.75) is 20.4 Å². The Balaban J connectivity index is 2.19. The minimum absolute atomic E-state index is 0.299. The maximum absolute atomic E-state index is 9.80. The molecule has 0 saturated carbocycles. The summed E-state index contributed by atoms with van der Waals surface area (Å²) in [6.45, 7) is 4.51. The molecule has 0 aliphatic rings. The molecule has 0 radical (unpaired) electrons. The average Bonchev–Trinajstić information content (AvgIpc) is 2.36. The van der Waals surface area contributed by atoms with E-state index in [1.165, 1.54) is 0 Å². The van der Waals surface area contributed by atoms with Gasteiger partial charge in [-0.1, -0.05) is 29.3 Å². The van der Waals surface area contributed by atoms with Gasteiger partial charge in [-0.3, -0.25) is 0 Å². The van der Waals surface area contributed by atoms with Crippen LogP contribution in [-0.2, 0) is 6.54 Å². The minimum atomic E-state index is 0.299. The van der Waals surface area contributed by atoms with Gasteiger partial charge in [-0.15, -0.1) is 0 Å². The summed E-state index contributed by atoms with van der Waals surface area (Å²) in [5.41, 5.74) is 3.92. The lowest BCUT2D eigenvalue weighted by Gasteiger charge is -2.12. The van der Waals surface area contributed by atoms with Crippen LogP contribution in [0.4, 0.5) is 5.69 Å². The van der Waals surface area contributed by atoms with Crippen molar-refractivity contribution in [3.8, 4) is 5.75 Å². The molecule has 100 valence electrons. The SMILES string of the molecule is Cc1ccc(O)c(CNc2cc(Cl)c(C)cc2Br)c1. The summed E-state index contributed by atoms with van der Waals surface area (Å²) in [5, 5.41) is 13.8. The Labute approximate surface area is 126 Å². The summed E-state index contributed by atoms with van der Waals surface area (Å²) >= 11 is 9.62. The van der Waals surface area contributed by atoms with E-state index in [4.69, 9.17) is 11.6 Å². The van der Waals surface area contributed by atoms with E-state index in [0.29, 0.717) is 12.3 Å². The van der Waals surface area contributed by atoms with Crippen LogP contribution in [-0.4, -0.2) is 5.11 Å². The largest absolute Gasteiger partial charge is 0.508 e. The predicted octanol–water partition coefficient (Wildman–Crippen LogP) is 5.04. The normalized spacial score (nSPS) is 10.5. The quantitative estimate of drug-likeness (QED) is 0.820. The number of hydrogen-bond donors (Lipinski definition) is 2. The van der Waals surface area contributed by atoms with E-state index in [0.717, 1.165) is 31.9 Å². The van der Waals surface area contributed by atoms with Crippen LogP contribution < -0.4 is 5.32 Å². The summed E-state index contributed by atoms with van der Waals surface area (Å²) in [5.74, 6) is 0.299. The Morgan fingerprint density at radius 2 is 1.95 bits per heavy atom. The van der Waals surface area contributed by atoms with Crippen molar-refractivity contribution in [3.05, 3.63) is 56.5 Å². The maximum Gasteiger partial charge on any atom is 0.120 e. The van der Waals surface area contributed by atoms with Crippen LogP contribution in [0.15, 0.2) is 34.8 Å². The second-order valence-electron chi connectivity index (χ2n) is 4.57. The number of anilines is 1. The van der Waals surface area contributed by atoms with Gasteiger partial charge >= 0.3 is 0 Å². The Bertz CT molecular complexity index is 613. The molecule has 0 spiro atoms. The van der Waals surface area contributed by atoms with Crippen molar-refractivity contribution in [3.63, 3.8) is 0 Å². The molecule has 2 nitrogen and oxygen atoms in total. The molecular weight excluding hydrogens is 326 g/mol. The smallest absolute Gasteiger partial charge is 0.120 e. The second-order valence-corrected chi connectivity index (χ2v) is 5.83. The highest BCUT2D eigenvalue weighted by molar-refractivity contribution is 9.10. The Morgan fingerprint density at radius 1 is 1.21 bits per heavy atom. The molecule has 0 heterocycles. The van der Waals surface area contributed by atoms with Crippen molar-refractivity contribution >= 4 is 33.2 Å². The first-order chi connectivity index (χ1) is 8.97. The highest BCUT2D eigenvalue weighted by Crippen LogP contribution is 2.30. The molecule has 0 fully saturated rings. The third kappa shape index (κ3) is 3.43. The number of phenolic OH excluding ortho intramolecular Hbond substituents is 1. The summed E-state index contributed by atoms with van der Waals surface area (Å²) in [6.07, 6.45) is 0. The van der Waals surface area contributed by atoms with E-state index in [1.807, 2.05) is 38.1 Å². The van der Waals surface area contributed by atoms with Crippen LogP contribution in [0.1, 0.15) is 16.7 Å². The predicted molar refractivity (Wildman–Crippen MR) is 84.1 cm³/mol. The van der Waals surface area contributed by atoms with Crippen molar-refractivity contribution in [1.82, 2.24) is 0 Å². The molecule has 2 rings (SSSR count). The Kier molecular flexibility index (Phi) is 4.38. The lowest BCUT2D eigenvalue weighted by atomic mass is 10.1. The number of rotatable bonds is 3. The zero-order valence-corrected chi connectivity index (χ0v) is 13.1. The zero-order chi connectivity index (χ0) is 14.0. The van der Waals surface area contributed by atoms with Gasteiger partial charge in [0, 0.05) is 21.6 Å². The molecule has 0 aliphatic heterocycles. The standard InChI is InChI=1S/C15H15BrClNO/c1-9-3-4-15(19)11(5-9)8-18-14-7-13(17)10(2)6-12(14)16/h3-7,18-19H,8H2,1-2H3. The van der Waals surface area contributed by atoms with E-state index in [1.54, 1.807) is 6.07 Å². The van der Waals surface area contributed by atoms with E-state index < -0.39 is 0 Å². The summed E-state index contributed by atoms with van der Waals surface area (Å²) in [6, 6.07) is 9.42. The van der Waals surface area contributed by atoms with Crippen LogP contribution in [0.5, 0.6) is 5.75 Å². The van der Waals surface area contributed by atoms with E-state index in [2.05, 4.69) is 21.2 Å². The lowest BCUT2D eigenvalue weighted by molar-refractivity contribution is 0.469. The second kappa shape index (κ2) is 5.85. The molecule has 4 heteroatoms. The number of aromatic hydroxyl groups is 1. The molecule has 0 aromatic heterocycles. The van der Waals surface area contributed by atoms with Gasteiger partial charge in [0.1, 0.15) is 5.75 Å². The molecule has 19 heavy (non-hydrogen) atoms. The maximum atomic E-state index is 9.80. The lowest BCUT2D eigenvalue weighted by Crippen LogP contribution is -2.01. The molecule has 0 amide bonds. The first-order valence-electron chi connectivity index (χ1n) is 5.95. The highest BCUT2D eigenvalue weighted by Gasteiger charge is 2.06. The third-order valence-electron chi connectivity index (χ3n) is 2.95. The van der Waals surface area contributed by atoms with Gasteiger partial charge in [0.25, 0.3) is 0 Å². The minimum Gasteiger partial charge on any atom is -0.508 e. The van der Waals surface area contributed by atoms with E-state index in [-0.39, 0.29) is 0 Å². The van der Waals surface area contributed by atoms with Crippen molar-refractivity contribution < 1.29 is 5.11 Å². The molecule has 0 unspecified atom stereocenters. The number of phenols is 1. The van der Waals surface area contributed by atoms with Gasteiger partial charge in [0.2, 0.25) is 0 Å². The van der Waals surface area contributed by atoms with E-state index in [9.17, 15) is 5.11 Å². The molecule has 0 saturated heterocycles. The first-order valence-corrected chi connectivity index (χ1v) is 7.12. The molecule has 0 aliphatic carbocycles. The monoisotopic (exact) mass is 339 g/mol. The number of nitrogens with one attached hydrogen (secondary N) is 1. The van der Waals surface area contributed by atoms with Crippen LogP contribution in [0, 0.1) is 13.8 Å². The zero-order valence-electron chi connectivity index (χ0n) is 10.8. The number of hydrogen-bond acceptors (Lipinski definition) is 2. The van der Waals surface area contributed by atoms with Gasteiger partial charge in [-0.25, -0.2) is 0 Å². The van der Waals surface area contributed by atoms with Crippen molar-refractivity contribution in [2.75, 3.05) is 5.32 Å². The fraction of sp³-hybridized carbons (Fsp3) is 0.200. The van der Waals surface area contributed by atoms with Gasteiger partial charge < -0.3 is 10.4 Å². The number of halogens is 2. The summed E-state index contributed by atoms with van der Waals surface area (Å²) in [4.78, 5) is 0. The third-order valence-corrected chi connectivity index (χ3v) is 4.02. The van der Waals surface area contributed by atoms with Crippen molar-refractivity contribution in [2.24, 2.45) is 0 Å². The van der Waals surface area contributed by atoms with Gasteiger partial charge in [-0.05, 0) is 53.5 Å². The van der Waals surface area contributed by atoms with Crippen LogP contribution in [0.25, 0.3) is 0 Å². The average molecular weight is 341 g/mol. The highest BCUT2D eigenvalue weighted by atomic mass is 79.9. The molecular formula is C15H15BrClNO. The summed E-state index contributed by atoms with van der Waals surface area (Å²) < 4.78 is 0.960. The van der Waals surface area contributed by atoms with Gasteiger partial charge in [0.05, 0.1) is 5.69 Å². The molecule has 2 N–H and O–H groups in total. The Morgan fingerprint density at radius 3 is 2.68 bits per heavy atom. The first kappa shape index (κ1) is 14.2. The molecule has 2 aromatic rings. The molecule has 0 atom stereocenters. The fourth-order valence-electron chi connectivity index (χ4n) is 1.83. The molecule has 0 bridgehead atoms. The van der Waals surface area contributed by atoms with Crippen molar-refractivity contribution in [1.29, 1.82) is 0 Å².